The number of para-hydroxylation sites is 1. The number of nitrogens with one attached hydrogen (secondary N) is 1. The van der Waals surface area contributed by atoms with Gasteiger partial charge in [0, 0.05) is 48.0 Å². The molecule has 0 radical (unpaired) electrons. The maximum atomic E-state index is 12.6. The summed E-state index contributed by atoms with van der Waals surface area (Å²) in [6.07, 6.45) is 1.08. The van der Waals surface area contributed by atoms with Gasteiger partial charge >= 0.3 is 0 Å². The second-order valence-corrected chi connectivity index (χ2v) is 8.28. The number of fused-ring (bicyclic) bond motifs is 3. The van der Waals surface area contributed by atoms with Crippen molar-refractivity contribution in [1.29, 1.82) is 5.26 Å². The van der Waals surface area contributed by atoms with Gasteiger partial charge < -0.3 is 19.7 Å². The summed E-state index contributed by atoms with van der Waals surface area (Å²) in [5, 5.41) is 24.0. The number of nitrogens with zero attached hydrogens (tertiary/aromatic N) is 2. The molecular weight excluding hydrogens is 414 g/mol. The van der Waals surface area contributed by atoms with E-state index in [1.54, 1.807) is 6.07 Å². The SMILES string of the molecule is CCn1c2ccccc2c2cc(NC(=O)CC(C)CCOc3ccc(C#N)c(O)c3)ccc21.[HH]. The van der Waals surface area contributed by atoms with Crippen LogP contribution in [0.5, 0.6) is 11.5 Å². The van der Waals surface area contributed by atoms with E-state index in [0.29, 0.717) is 25.2 Å². The molecule has 0 aliphatic rings. The number of carbonyl (C=O) groups excluding carboxylic acids is 1. The van der Waals surface area contributed by atoms with Crippen molar-refractivity contribution in [3.8, 4) is 17.6 Å². The number of aromatic hydroxyl groups is 1. The zero-order valence-corrected chi connectivity index (χ0v) is 18.8. The normalized spacial score (nSPS) is 11.9. The number of benzene rings is 3. The van der Waals surface area contributed by atoms with Crippen molar-refractivity contribution >= 4 is 33.4 Å². The van der Waals surface area contributed by atoms with Crippen LogP contribution in [0, 0.1) is 17.2 Å². The van der Waals surface area contributed by atoms with E-state index < -0.39 is 0 Å². The third-order valence-corrected chi connectivity index (χ3v) is 5.88. The van der Waals surface area contributed by atoms with Gasteiger partial charge in [0.1, 0.15) is 17.6 Å². The summed E-state index contributed by atoms with van der Waals surface area (Å²) in [5.74, 6) is 0.504. The number of hydrogen-bond donors (Lipinski definition) is 2. The molecule has 0 spiro atoms. The minimum absolute atomic E-state index is 0. The molecule has 4 aromatic rings. The molecule has 3 aromatic carbocycles. The van der Waals surface area contributed by atoms with Crippen LogP contribution in [0.15, 0.2) is 60.7 Å². The van der Waals surface area contributed by atoms with Crippen LogP contribution in [0.4, 0.5) is 5.69 Å². The summed E-state index contributed by atoms with van der Waals surface area (Å²) in [7, 11) is 0. The topological polar surface area (TPSA) is 87.3 Å². The largest absolute Gasteiger partial charge is 0.506 e. The quantitative estimate of drug-likeness (QED) is 0.346. The molecule has 1 atom stereocenters. The molecule has 6 nitrogen and oxygen atoms in total. The van der Waals surface area contributed by atoms with Gasteiger partial charge in [-0.05, 0) is 55.7 Å². The van der Waals surface area contributed by atoms with Crippen molar-refractivity contribution in [1.82, 2.24) is 4.57 Å². The fourth-order valence-corrected chi connectivity index (χ4v) is 4.18. The van der Waals surface area contributed by atoms with E-state index in [1.807, 2.05) is 37.3 Å². The van der Waals surface area contributed by atoms with E-state index in [4.69, 9.17) is 10.00 Å². The highest BCUT2D eigenvalue weighted by molar-refractivity contribution is 6.09. The van der Waals surface area contributed by atoms with Crippen LogP contribution in [-0.4, -0.2) is 22.2 Å². The number of rotatable bonds is 8. The Morgan fingerprint density at radius 1 is 1.15 bits per heavy atom. The second-order valence-electron chi connectivity index (χ2n) is 8.28. The summed E-state index contributed by atoms with van der Waals surface area (Å²) in [4.78, 5) is 12.6. The average Bonchev–Trinajstić information content (AvgIpc) is 3.12. The zero-order valence-electron chi connectivity index (χ0n) is 18.8. The van der Waals surface area contributed by atoms with Gasteiger partial charge in [0.2, 0.25) is 5.91 Å². The van der Waals surface area contributed by atoms with Crippen LogP contribution in [0.2, 0.25) is 0 Å². The molecule has 170 valence electrons. The maximum Gasteiger partial charge on any atom is 0.224 e. The Labute approximate surface area is 194 Å². The molecule has 0 fully saturated rings. The first-order valence-electron chi connectivity index (χ1n) is 11.2. The van der Waals surface area contributed by atoms with E-state index in [2.05, 4.69) is 35.0 Å². The molecule has 0 aliphatic carbocycles. The fraction of sp³-hybridized carbons (Fsp3) is 0.259. The Morgan fingerprint density at radius 3 is 2.70 bits per heavy atom. The molecule has 1 unspecified atom stereocenters. The van der Waals surface area contributed by atoms with Gasteiger partial charge in [-0.2, -0.15) is 5.26 Å². The van der Waals surface area contributed by atoms with Gasteiger partial charge in [-0.3, -0.25) is 4.79 Å². The van der Waals surface area contributed by atoms with E-state index >= 15 is 0 Å². The smallest absolute Gasteiger partial charge is 0.224 e. The fourth-order valence-electron chi connectivity index (χ4n) is 4.18. The van der Waals surface area contributed by atoms with Gasteiger partial charge in [0.05, 0.1) is 12.2 Å². The van der Waals surface area contributed by atoms with Gasteiger partial charge in [-0.1, -0.05) is 25.1 Å². The van der Waals surface area contributed by atoms with Gasteiger partial charge in [0.25, 0.3) is 0 Å². The maximum absolute atomic E-state index is 12.6. The predicted molar refractivity (Wildman–Crippen MR) is 133 cm³/mol. The van der Waals surface area contributed by atoms with Crippen LogP contribution in [0.1, 0.15) is 33.7 Å². The number of phenolic OH excluding ortho intramolecular Hbond substituents is 1. The standard InChI is InChI=1S/C27H27N3O3.H2/c1-3-30-24-7-5-4-6-22(24)23-15-20(9-11-25(23)30)29-27(32)14-18(2)12-13-33-21-10-8-19(17-28)26(31)16-21;/h4-11,15-16,18,31H,3,12-14H2,1-2H3,(H,29,32);1H. The summed E-state index contributed by atoms with van der Waals surface area (Å²) < 4.78 is 7.94. The highest BCUT2D eigenvalue weighted by Gasteiger charge is 2.13. The van der Waals surface area contributed by atoms with Crippen LogP contribution in [0.25, 0.3) is 21.8 Å². The highest BCUT2D eigenvalue weighted by atomic mass is 16.5. The number of hydrogen-bond acceptors (Lipinski definition) is 4. The molecule has 2 N–H and O–H groups in total. The Kier molecular flexibility index (Phi) is 6.50. The average molecular weight is 444 g/mol. The highest BCUT2D eigenvalue weighted by Crippen LogP contribution is 2.31. The summed E-state index contributed by atoms with van der Waals surface area (Å²) in [6.45, 7) is 5.45. The number of aromatic nitrogens is 1. The van der Waals surface area contributed by atoms with Crippen molar-refractivity contribution in [2.24, 2.45) is 5.92 Å². The Morgan fingerprint density at radius 2 is 1.94 bits per heavy atom. The van der Waals surface area contributed by atoms with Crippen LogP contribution in [0.3, 0.4) is 0 Å². The first-order valence-corrected chi connectivity index (χ1v) is 11.2. The Bertz CT molecular complexity index is 1360. The van der Waals surface area contributed by atoms with Gasteiger partial charge in [-0.25, -0.2) is 0 Å². The monoisotopic (exact) mass is 443 g/mol. The van der Waals surface area contributed by atoms with Crippen molar-refractivity contribution in [3.63, 3.8) is 0 Å². The van der Waals surface area contributed by atoms with E-state index in [-0.39, 0.29) is 24.6 Å². The molecule has 6 heteroatoms. The lowest BCUT2D eigenvalue weighted by atomic mass is 10.0. The zero-order chi connectivity index (χ0) is 23.4. The van der Waals surface area contributed by atoms with Crippen molar-refractivity contribution < 1.29 is 16.1 Å². The lowest BCUT2D eigenvalue weighted by molar-refractivity contribution is -0.117. The molecule has 1 aromatic heterocycles. The minimum atomic E-state index is -0.0959. The lowest BCUT2D eigenvalue weighted by Gasteiger charge is -2.13. The first-order chi connectivity index (χ1) is 16.0. The second kappa shape index (κ2) is 9.66. The Hall–Kier alpha value is -3.98. The van der Waals surface area contributed by atoms with Crippen LogP contribution >= 0.6 is 0 Å². The van der Waals surface area contributed by atoms with Gasteiger partial charge in [0.15, 0.2) is 0 Å². The summed E-state index contributed by atoms with van der Waals surface area (Å²) in [5.41, 5.74) is 3.37. The number of aryl methyl sites for hydroxylation is 1. The number of nitriles is 1. The van der Waals surface area contributed by atoms with Gasteiger partial charge in [-0.15, -0.1) is 0 Å². The van der Waals surface area contributed by atoms with E-state index in [1.165, 1.54) is 23.0 Å². The molecule has 0 saturated carbocycles. The van der Waals surface area contributed by atoms with Crippen molar-refractivity contribution in [2.75, 3.05) is 11.9 Å². The number of carbonyl (C=O) groups is 1. The molecular formula is C27H29N3O3. The minimum Gasteiger partial charge on any atom is -0.506 e. The van der Waals surface area contributed by atoms with Crippen LogP contribution in [-0.2, 0) is 11.3 Å². The van der Waals surface area contributed by atoms with E-state index in [9.17, 15) is 9.90 Å². The molecule has 1 heterocycles. The lowest BCUT2D eigenvalue weighted by Crippen LogP contribution is -2.16. The number of amides is 1. The molecule has 0 bridgehead atoms. The van der Waals surface area contributed by atoms with Crippen molar-refractivity contribution in [3.05, 3.63) is 66.2 Å². The third-order valence-electron chi connectivity index (χ3n) is 5.88. The number of anilines is 1. The third kappa shape index (κ3) is 4.78. The molecule has 0 aliphatic heterocycles. The van der Waals surface area contributed by atoms with Crippen molar-refractivity contribution in [2.45, 2.75) is 33.2 Å². The molecule has 1 amide bonds. The summed E-state index contributed by atoms with van der Waals surface area (Å²) >= 11 is 0. The molecule has 4 rings (SSSR count). The summed E-state index contributed by atoms with van der Waals surface area (Å²) in [6, 6.07) is 20.9. The number of phenols is 1. The van der Waals surface area contributed by atoms with E-state index in [0.717, 1.165) is 23.1 Å². The Balaban J connectivity index is 0.00000324. The molecule has 0 saturated heterocycles. The molecule has 33 heavy (non-hydrogen) atoms. The first kappa shape index (κ1) is 22.2. The number of ether oxygens (including phenoxy) is 1. The predicted octanol–water partition coefficient (Wildman–Crippen LogP) is 6.07. The van der Waals surface area contributed by atoms with Crippen LogP contribution < -0.4 is 10.1 Å².